The van der Waals surface area contributed by atoms with E-state index in [2.05, 4.69) is 5.32 Å². The summed E-state index contributed by atoms with van der Waals surface area (Å²) in [4.78, 5) is 13.8. The highest BCUT2D eigenvalue weighted by atomic mass is 16.5. The standard InChI is InChI=1S/C14H20N2O4/c1-18-11-4-3-5-12(14(11)19-2)20-10-13(17)16-8-6-15-7-9-16/h3-5,15H,6-10H2,1-2H3. The third-order valence-corrected chi connectivity index (χ3v) is 3.19. The molecular weight excluding hydrogens is 260 g/mol. The number of ether oxygens (including phenoxy) is 3. The molecule has 0 saturated carbocycles. The summed E-state index contributed by atoms with van der Waals surface area (Å²) >= 11 is 0. The smallest absolute Gasteiger partial charge is 0.260 e. The van der Waals surface area contributed by atoms with E-state index in [1.165, 1.54) is 0 Å². The molecule has 6 nitrogen and oxygen atoms in total. The van der Waals surface area contributed by atoms with Gasteiger partial charge in [0.25, 0.3) is 5.91 Å². The van der Waals surface area contributed by atoms with Crippen LogP contribution in [0, 0.1) is 0 Å². The molecule has 1 N–H and O–H groups in total. The number of para-hydroxylation sites is 1. The fourth-order valence-electron chi connectivity index (χ4n) is 2.12. The number of amides is 1. The molecule has 0 unspecified atom stereocenters. The van der Waals surface area contributed by atoms with Crippen molar-refractivity contribution in [3.05, 3.63) is 18.2 Å². The molecule has 1 saturated heterocycles. The number of carbonyl (C=O) groups excluding carboxylic acids is 1. The van der Waals surface area contributed by atoms with E-state index in [0.717, 1.165) is 26.2 Å². The van der Waals surface area contributed by atoms with Crippen LogP contribution in [0.3, 0.4) is 0 Å². The Morgan fingerprint density at radius 2 is 1.90 bits per heavy atom. The number of benzene rings is 1. The Balaban J connectivity index is 1.98. The first kappa shape index (κ1) is 14.5. The Bertz CT molecular complexity index is 458. The van der Waals surface area contributed by atoms with Crippen LogP contribution < -0.4 is 19.5 Å². The van der Waals surface area contributed by atoms with Crippen molar-refractivity contribution in [2.45, 2.75) is 0 Å². The molecule has 0 radical (unpaired) electrons. The van der Waals surface area contributed by atoms with Crippen molar-refractivity contribution in [1.29, 1.82) is 0 Å². The van der Waals surface area contributed by atoms with Crippen LogP contribution in [0.2, 0.25) is 0 Å². The van der Waals surface area contributed by atoms with Gasteiger partial charge in [0.15, 0.2) is 18.1 Å². The highest BCUT2D eigenvalue weighted by Gasteiger charge is 2.18. The van der Waals surface area contributed by atoms with Gasteiger partial charge >= 0.3 is 0 Å². The van der Waals surface area contributed by atoms with Gasteiger partial charge in [-0.2, -0.15) is 0 Å². The van der Waals surface area contributed by atoms with Gasteiger partial charge in [-0.1, -0.05) is 6.07 Å². The lowest BCUT2D eigenvalue weighted by Crippen LogP contribution is -2.47. The molecule has 1 amide bonds. The van der Waals surface area contributed by atoms with E-state index in [9.17, 15) is 4.79 Å². The van der Waals surface area contributed by atoms with Crippen LogP contribution in [0.4, 0.5) is 0 Å². The minimum absolute atomic E-state index is 0.00350. The Morgan fingerprint density at radius 1 is 1.20 bits per heavy atom. The van der Waals surface area contributed by atoms with Gasteiger partial charge in [-0.15, -0.1) is 0 Å². The van der Waals surface area contributed by atoms with Crippen LogP contribution in [0.25, 0.3) is 0 Å². The van der Waals surface area contributed by atoms with E-state index in [0.29, 0.717) is 17.2 Å². The first-order valence-electron chi connectivity index (χ1n) is 6.58. The highest BCUT2D eigenvalue weighted by Crippen LogP contribution is 2.36. The molecule has 20 heavy (non-hydrogen) atoms. The van der Waals surface area contributed by atoms with Gasteiger partial charge in [-0.05, 0) is 12.1 Å². The van der Waals surface area contributed by atoms with Gasteiger partial charge in [-0.25, -0.2) is 0 Å². The molecule has 1 aromatic carbocycles. The summed E-state index contributed by atoms with van der Waals surface area (Å²) in [5.41, 5.74) is 0. The SMILES string of the molecule is COc1cccc(OCC(=O)N2CCNCC2)c1OC. The molecule has 0 aromatic heterocycles. The van der Waals surface area contributed by atoms with Crippen molar-refractivity contribution in [2.24, 2.45) is 0 Å². The van der Waals surface area contributed by atoms with Crippen LogP contribution >= 0.6 is 0 Å². The second-order valence-corrected chi connectivity index (χ2v) is 4.41. The number of nitrogens with zero attached hydrogens (tertiary/aromatic N) is 1. The molecule has 0 atom stereocenters. The zero-order chi connectivity index (χ0) is 14.4. The Morgan fingerprint density at radius 3 is 2.55 bits per heavy atom. The molecule has 1 aliphatic rings. The summed E-state index contributed by atoms with van der Waals surface area (Å²) in [6.07, 6.45) is 0. The molecule has 1 heterocycles. The maximum Gasteiger partial charge on any atom is 0.260 e. The minimum atomic E-state index is -0.0172. The monoisotopic (exact) mass is 280 g/mol. The third kappa shape index (κ3) is 3.33. The first-order chi connectivity index (χ1) is 9.76. The summed E-state index contributed by atoms with van der Waals surface area (Å²) in [6, 6.07) is 5.34. The van der Waals surface area contributed by atoms with Crippen LogP contribution in [0.1, 0.15) is 0 Å². The highest BCUT2D eigenvalue weighted by molar-refractivity contribution is 5.78. The fraction of sp³-hybridized carbons (Fsp3) is 0.500. The van der Waals surface area contributed by atoms with E-state index < -0.39 is 0 Å². The lowest BCUT2D eigenvalue weighted by Gasteiger charge is -2.27. The molecular formula is C14H20N2O4. The Labute approximate surface area is 118 Å². The summed E-state index contributed by atoms with van der Waals surface area (Å²) in [6.45, 7) is 3.10. The van der Waals surface area contributed by atoms with E-state index in [1.54, 1.807) is 37.3 Å². The fourth-order valence-corrected chi connectivity index (χ4v) is 2.12. The van der Waals surface area contributed by atoms with Gasteiger partial charge in [0, 0.05) is 26.2 Å². The van der Waals surface area contributed by atoms with E-state index in [-0.39, 0.29) is 12.5 Å². The summed E-state index contributed by atoms with van der Waals surface area (Å²) in [7, 11) is 3.11. The largest absolute Gasteiger partial charge is 0.493 e. The minimum Gasteiger partial charge on any atom is -0.493 e. The van der Waals surface area contributed by atoms with Gasteiger partial charge < -0.3 is 24.4 Å². The molecule has 0 bridgehead atoms. The third-order valence-electron chi connectivity index (χ3n) is 3.19. The number of nitrogens with one attached hydrogen (secondary N) is 1. The van der Waals surface area contributed by atoms with Crippen molar-refractivity contribution in [1.82, 2.24) is 10.2 Å². The van der Waals surface area contributed by atoms with Crippen molar-refractivity contribution < 1.29 is 19.0 Å². The average Bonchev–Trinajstić information content (AvgIpc) is 2.52. The van der Waals surface area contributed by atoms with Crippen molar-refractivity contribution in [3.63, 3.8) is 0 Å². The van der Waals surface area contributed by atoms with Crippen LogP contribution in [0.15, 0.2) is 18.2 Å². The number of carbonyl (C=O) groups is 1. The van der Waals surface area contributed by atoms with Gasteiger partial charge in [0.2, 0.25) is 5.75 Å². The molecule has 2 rings (SSSR count). The van der Waals surface area contributed by atoms with Gasteiger partial charge in [0.05, 0.1) is 14.2 Å². The summed E-state index contributed by atoms with van der Waals surface area (Å²) in [5.74, 6) is 1.58. The number of hydrogen-bond donors (Lipinski definition) is 1. The number of rotatable bonds is 5. The average molecular weight is 280 g/mol. The maximum atomic E-state index is 12.0. The molecule has 1 aliphatic heterocycles. The predicted octanol–water partition coefficient (Wildman–Crippen LogP) is 0.514. The second-order valence-electron chi connectivity index (χ2n) is 4.41. The molecule has 110 valence electrons. The van der Waals surface area contributed by atoms with Crippen LogP contribution in [-0.2, 0) is 4.79 Å². The number of methoxy groups -OCH3 is 2. The van der Waals surface area contributed by atoms with Gasteiger partial charge in [-0.3, -0.25) is 4.79 Å². The molecule has 1 fully saturated rings. The van der Waals surface area contributed by atoms with Crippen molar-refractivity contribution >= 4 is 5.91 Å². The van der Waals surface area contributed by atoms with Crippen molar-refractivity contribution in [3.8, 4) is 17.2 Å². The Kier molecular flexibility index (Phi) is 5.06. The number of hydrogen-bond acceptors (Lipinski definition) is 5. The summed E-state index contributed by atoms with van der Waals surface area (Å²) < 4.78 is 16.0. The molecule has 1 aromatic rings. The molecule has 0 spiro atoms. The van der Waals surface area contributed by atoms with Crippen LogP contribution in [0.5, 0.6) is 17.2 Å². The molecule has 0 aliphatic carbocycles. The zero-order valence-corrected chi connectivity index (χ0v) is 11.8. The topological polar surface area (TPSA) is 60.0 Å². The van der Waals surface area contributed by atoms with E-state index in [1.807, 2.05) is 0 Å². The van der Waals surface area contributed by atoms with E-state index >= 15 is 0 Å². The Hall–Kier alpha value is -1.95. The summed E-state index contributed by atoms with van der Waals surface area (Å²) in [5, 5.41) is 3.21. The lowest BCUT2D eigenvalue weighted by molar-refractivity contribution is -0.133. The van der Waals surface area contributed by atoms with Gasteiger partial charge in [0.1, 0.15) is 0 Å². The number of piperazine rings is 1. The molecule has 6 heteroatoms. The first-order valence-corrected chi connectivity index (χ1v) is 6.58. The second kappa shape index (κ2) is 7.00. The predicted molar refractivity (Wildman–Crippen MR) is 74.5 cm³/mol. The quantitative estimate of drug-likeness (QED) is 0.852. The maximum absolute atomic E-state index is 12.0. The zero-order valence-electron chi connectivity index (χ0n) is 11.8. The van der Waals surface area contributed by atoms with E-state index in [4.69, 9.17) is 14.2 Å². The normalized spacial score (nSPS) is 14.8. The van der Waals surface area contributed by atoms with Crippen LogP contribution in [-0.4, -0.2) is 57.8 Å². The lowest BCUT2D eigenvalue weighted by atomic mass is 10.3. The van der Waals surface area contributed by atoms with Crippen molar-refractivity contribution in [2.75, 3.05) is 47.0 Å².